The van der Waals surface area contributed by atoms with Crippen LogP contribution in [0.3, 0.4) is 0 Å². The number of nitrogens with one attached hydrogen (secondary N) is 1. The second-order valence-electron chi connectivity index (χ2n) is 4.47. The molecule has 0 spiro atoms. The van der Waals surface area contributed by atoms with E-state index in [2.05, 4.69) is 5.32 Å². The lowest BCUT2D eigenvalue weighted by Crippen LogP contribution is -2.49. The summed E-state index contributed by atoms with van der Waals surface area (Å²) in [5.74, 6) is 0. The molecule has 1 saturated heterocycles. The molecule has 1 N–H and O–H groups in total. The van der Waals surface area contributed by atoms with Crippen LogP contribution in [0.4, 0.5) is 0 Å². The molecule has 0 radical (unpaired) electrons. The first-order valence-corrected chi connectivity index (χ1v) is 9.25. The fraction of sp³-hybridized carbons (Fsp3) is 1.00. The van der Waals surface area contributed by atoms with Gasteiger partial charge < -0.3 is 5.32 Å². The lowest BCUT2D eigenvalue weighted by atomic mass is 10.1. The molecule has 0 aromatic heterocycles. The van der Waals surface area contributed by atoms with Crippen LogP contribution in [0.2, 0.25) is 0 Å². The topological polar surface area (TPSA) is 83.6 Å². The standard InChI is InChI=1S/C9H20N2O4S2/c1-10-7-9-5-3-4-6-11(9)17(14,15)8-16(2,12)13/h9-10H,3-8H2,1-2H3. The molecule has 1 aliphatic rings. The van der Waals surface area contributed by atoms with Crippen molar-refractivity contribution >= 4 is 19.9 Å². The van der Waals surface area contributed by atoms with E-state index >= 15 is 0 Å². The molecular weight excluding hydrogens is 264 g/mol. The number of sulfonamides is 1. The largest absolute Gasteiger partial charge is 0.318 e. The van der Waals surface area contributed by atoms with E-state index in [1.54, 1.807) is 7.05 Å². The number of hydrogen-bond acceptors (Lipinski definition) is 5. The molecule has 1 rings (SSSR count). The van der Waals surface area contributed by atoms with Gasteiger partial charge in [0.15, 0.2) is 14.9 Å². The summed E-state index contributed by atoms with van der Waals surface area (Å²) in [6.45, 7) is 0.979. The first-order valence-electron chi connectivity index (χ1n) is 5.58. The Morgan fingerprint density at radius 3 is 2.41 bits per heavy atom. The van der Waals surface area contributed by atoms with Crippen LogP contribution >= 0.6 is 0 Å². The number of piperidine rings is 1. The summed E-state index contributed by atoms with van der Waals surface area (Å²) >= 11 is 0. The molecule has 0 aromatic carbocycles. The van der Waals surface area contributed by atoms with Gasteiger partial charge in [0.2, 0.25) is 10.0 Å². The van der Waals surface area contributed by atoms with E-state index in [0.29, 0.717) is 13.1 Å². The summed E-state index contributed by atoms with van der Waals surface area (Å²) in [5, 5.41) is 2.16. The van der Waals surface area contributed by atoms with Crippen molar-refractivity contribution in [1.82, 2.24) is 9.62 Å². The molecule has 6 nitrogen and oxygen atoms in total. The molecule has 1 atom stereocenters. The molecule has 1 heterocycles. The highest BCUT2D eigenvalue weighted by Gasteiger charge is 2.33. The molecule has 1 unspecified atom stereocenters. The average Bonchev–Trinajstić information content (AvgIpc) is 2.15. The minimum atomic E-state index is -3.71. The predicted molar refractivity (Wildman–Crippen MR) is 66.9 cm³/mol. The van der Waals surface area contributed by atoms with Crippen LogP contribution in [-0.2, 0) is 19.9 Å². The van der Waals surface area contributed by atoms with E-state index in [1.807, 2.05) is 0 Å². The summed E-state index contributed by atoms with van der Waals surface area (Å²) < 4.78 is 47.6. The molecule has 1 aliphatic heterocycles. The molecule has 102 valence electrons. The van der Waals surface area contributed by atoms with Crippen LogP contribution in [0.1, 0.15) is 19.3 Å². The highest BCUT2D eigenvalue weighted by Crippen LogP contribution is 2.21. The van der Waals surface area contributed by atoms with Crippen molar-refractivity contribution in [3.05, 3.63) is 0 Å². The molecule has 1 fully saturated rings. The number of sulfone groups is 1. The quantitative estimate of drug-likeness (QED) is 0.728. The monoisotopic (exact) mass is 284 g/mol. The summed E-state index contributed by atoms with van der Waals surface area (Å²) in [7, 11) is -5.47. The zero-order valence-electron chi connectivity index (χ0n) is 10.2. The first kappa shape index (κ1) is 14.9. The molecule has 17 heavy (non-hydrogen) atoms. The van der Waals surface area contributed by atoms with Gasteiger partial charge in [0.05, 0.1) is 0 Å². The number of nitrogens with zero attached hydrogens (tertiary/aromatic N) is 1. The highest BCUT2D eigenvalue weighted by molar-refractivity contribution is 8.06. The summed E-state index contributed by atoms with van der Waals surface area (Å²) in [5.41, 5.74) is 0. The predicted octanol–water partition coefficient (Wildman–Crippen LogP) is -0.608. The molecule has 0 aliphatic carbocycles. The Morgan fingerprint density at radius 2 is 1.88 bits per heavy atom. The number of rotatable bonds is 5. The molecule has 0 aromatic rings. The number of hydrogen-bond donors (Lipinski definition) is 1. The van der Waals surface area contributed by atoms with Crippen molar-refractivity contribution in [3.63, 3.8) is 0 Å². The zero-order chi connectivity index (χ0) is 13.1. The van der Waals surface area contributed by atoms with Crippen LogP contribution in [0, 0.1) is 0 Å². The van der Waals surface area contributed by atoms with Crippen LogP contribution < -0.4 is 5.32 Å². The van der Waals surface area contributed by atoms with Crippen molar-refractivity contribution in [2.75, 3.05) is 31.5 Å². The van der Waals surface area contributed by atoms with E-state index in [1.165, 1.54) is 4.31 Å². The van der Waals surface area contributed by atoms with Crippen LogP contribution in [0.15, 0.2) is 0 Å². The fourth-order valence-corrected chi connectivity index (χ4v) is 5.87. The number of likely N-dealkylation sites (N-methyl/N-ethyl adjacent to an activating group) is 1. The van der Waals surface area contributed by atoms with Crippen molar-refractivity contribution in [1.29, 1.82) is 0 Å². The lowest BCUT2D eigenvalue weighted by molar-refractivity contribution is 0.250. The van der Waals surface area contributed by atoms with Gasteiger partial charge in [-0.15, -0.1) is 0 Å². The summed E-state index contributed by atoms with van der Waals surface area (Å²) in [6.07, 6.45) is 3.51. The smallest absolute Gasteiger partial charge is 0.228 e. The first-order chi connectivity index (χ1) is 7.76. The zero-order valence-corrected chi connectivity index (χ0v) is 11.8. The van der Waals surface area contributed by atoms with Crippen molar-refractivity contribution in [3.8, 4) is 0 Å². The maximum absolute atomic E-state index is 12.0. The summed E-state index contributed by atoms with van der Waals surface area (Å²) in [4.78, 5) is 0. The average molecular weight is 284 g/mol. The van der Waals surface area contributed by atoms with Gasteiger partial charge in [-0.3, -0.25) is 0 Å². The molecule has 8 heteroatoms. The van der Waals surface area contributed by atoms with Crippen LogP contribution in [0.5, 0.6) is 0 Å². The van der Waals surface area contributed by atoms with E-state index in [-0.39, 0.29) is 6.04 Å². The van der Waals surface area contributed by atoms with E-state index in [0.717, 1.165) is 25.5 Å². The van der Waals surface area contributed by atoms with Gasteiger partial charge >= 0.3 is 0 Å². The SMILES string of the molecule is CNCC1CCCCN1S(=O)(=O)CS(C)(=O)=O. The van der Waals surface area contributed by atoms with Crippen molar-refractivity contribution in [2.45, 2.75) is 25.3 Å². The van der Waals surface area contributed by atoms with E-state index in [9.17, 15) is 16.8 Å². The van der Waals surface area contributed by atoms with Crippen LogP contribution in [-0.4, -0.2) is 58.7 Å². The molecule has 0 amide bonds. The minimum Gasteiger partial charge on any atom is -0.318 e. The Balaban J connectivity index is 2.87. The minimum absolute atomic E-state index is 0.125. The Labute approximate surface area is 103 Å². The second kappa shape index (κ2) is 5.64. The Hall–Kier alpha value is -0.180. The third-order valence-corrected chi connectivity index (χ3v) is 6.83. The van der Waals surface area contributed by atoms with Crippen LogP contribution in [0.25, 0.3) is 0 Å². The van der Waals surface area contributed by atoms with Gasteiger partial charge in [-0.2, -0.15) is 4.31 Å². The molecular formula is C9H20N2O4S2. The molecule has 0 saturated carbocycles. The Morgan fingerprint density at radius 1 is 1.24 bits per heavy atom. The van der Waals surface area contributed by atoms with Gasteiger partial charge in [0.1, 0.15) is 0 Å². The lowest BCUT2D eigenvalue weighted by Gasteiger charge is -2.34. The van der Waals surface area contributed by atoms with Crippen molar-refractivity contribution in [2.24, 2.45) is 0 Å². The van der Waals surface area contributed by atoms with Gasteiger partial charge in [-0.25, -0.2) is 16.8 Å². The van der Waals surface area contributed by atoms with Gasteiger partial charge in [0.25, 0.3) is 0 Å². The van der Waals surface area contributed by atoms with Gasteiger partial charge in [-0.05, 0) is 19.9 Å². The second-order valence-corrected chi connectivity index (χ2v) is 8.90. The molecule has 0 bridgehead atoms. The van der Waals surface area contributed by atoms with Gasteiger partial charge in [0, 0.05) is 25.4 Å². The van der Waals surface area contributed by atoms with Gasteiger partial charge in [-0.1, -0.05) is 6.42 Å². The summed E-state index contributed by atoms with van der Waals surface area (Å²) in [6, 6.07) is -0.125. The fourth-order valence-electron chi connectivity index (χ4n) is 2.12. The maximum atomic E-state index is 12.0. The normalized spacial score (nSPS) is 23.8. The Bertz CT molecular complexity index is 442. The van der Waals surface area contributed by atoms with Crippen molar-refractivity contribution < 1.29 is 16.8 Å². The van der Waals surface area contributed by atoms with E-state index < -0.39 is 24.9 Å². The maximum Gasteiger partial charge on any atom is 0.228 e. The highest BCUT2D eigenvalue weighted by atomic mass is 32.3. The third-order valence-electron chi connectivity index (χ3n) is 2.73. The van der Waals surface area contributed by atoms with E-state index in [4.69, 9.17) is 0 Å². The Kier molecular flexibility index (Phi) is 4.94. The third kappa shape index (κ3) is 4.53.